The van der Waals surface area contributed by atoms with Crippen LogP contribution in [0.5, 0.6) is 0 Å². The lowest BCUT2D eigenvalue weighted by atomic mass is 9.79. The average Bonchev–Trinajstić information content (AvgIpc) is 2.93. The molecule has 84 valence electrons. The van der Waals surface area contributed by atoms with Crippen LogP contribution in [0.4, 0.5) is 0 Å². The molecule has 1 heterocycles. The van der Waals surface area contributed by atoms with E-state index in [2.05, 4.69) is 4.90 Å². The number of rotatable bonds is 2. The fourth-order valence-corrected chi connectivity index (χ4v) is 4.20. The molecule has 3 aliphatic rings. The van der Waals surface area contributed by atoms with Gasteiger partial charge in [0.15, 0.2) is 0 Å². The van der Waals surface area contributed by atoms with E-state index in [1.807, 2.05) is 0 Å². The molecule has 0 amide bonds. The number of nitrogens with zero attached hydrogens (tertiary/aromatic N) is 1. The van der Waals surface area contributed by atoms with Crippen molar-refractivity contribution in [3.63, 3.8) is 0 Å². The predicted octanol–water partition coefficient (Wildman–Crippen LogP) is 1.73. The van der Waals surface area contributed by atoms with Crippen molar-refractivity contribution in [2.45, 2.75) is 44.1 Å². The Labute approximate surface area is 90.5 Å². The molecule has 1 aliphatic heterocycles. The topological polar surface area (TPSA) is 40.5 Å². The molecule has 1 saturated heterocycles. The van der Waals surface area contributed by atoms with Crippen LogP contribution in [0.1, 0.15) is 38.5 Å². The Morgan fingerprint density at radius 1 is 1.27 bits per heavy atom. The van der Waals surface area contributed by atoms with E-state index < -0.39 is 11.5 Å². The summed E-state index contributed by atoms with van der Waals surface area (Å²) in [5.74, 6) is 0.599. The summed E-state index contributed by atoms with van der Waals surface area (Å²) < 4.78 is 0. The molecule has 0 aromatic carbocycles. The molecule has 3 heteroatoms. The number of hydrogen-bond acceptors (Lipinski definition) is 2. The highest BCUT2D eigenvalue weighted by Gasteiger charge is 2.59. The van der Waals surface area contributed by atoms with E-state index in [1.54, 1.807) is 0 Å². The van der Waals surface area contributed by atoms with Crippen molar-refractivity contribution >= 4 is 5.97 Å². The van der Waals surface area contributed by atoms with Gasteiger partial charge in [0.1, 0.15) is 5.54 Å². The minimum Gasteiger partial charge on any atom is -0.480 e. The molecular formula is C12H19NO2. The van der Waals surface area contributed by atoms with E-state index >= 15 is 0 Å². The summed E-state index contributed by atoms with van der Waals surface area (Å²) in [6, 6.07) is 0. The maximum absolute atomic E-state index is 11.7. The Hall–Kier alpha value is -0.570. The second-order valence-electron chi connectivity index (χ2n) is 5.50. The fourth-order valence-electron chi connectivity index (χ4n) is 4.20. The monoisotopic (exact) mass is 209 g/mol. The van der Waals surface area contributed by atoms with Crippen LogP contribution >= 0.6 is 0 Å². The summed E-state index contributed by atoms with van der Waals surface area (Å²) in [6.07, 6.45) is 6.88. The van der Waals surface area contributed by atoms with Crippen molar-refractivity contribution in [1.82, 2.24) is 4.90 Å². The Morgan fingerprint density at radius 2 is 2.00 bits per heavy atom. The lowest BCUT2D eigenvalue weighted by Crippen LogP contribution is -2.57. The van der Waals surface area contributed by atoms with Gasteiger partial charge in [-0.1, -0.05) is 6.42 Å². The number of fused-ring (bicyclic) bond motifs is 2. The van der Waals surface area contributed by atoms with Gasteiger partial charge in [0, 0.05) is 0 Å². The molecule has 2 saturated carbocycles. The molecule has 3 atom stereocenters. The van der Waals surface area contributed by atoms with Crippen molar-refractivity contribution in [2.75, 3.05) is 13.1 Å². The number of likely N-dealkylation sites (tertiary alicyclic amines) is 1. The minimum absolute atomic E-state index is 0.443. The largest absolute Gasteiger partial charge is 0.480 e. The number of carbonyl (C=O) groups is 1. The summed E-state index contributed by atoms with van der Waals surface area (Å²) in [6.45, 7) is 2.02. The molecule has 1 N–H and O–H groups in total. The molecule has 3 rings (SSSR count). The van der Waals surface area contributed by atoms with Crippen molar-refractivity contribution in [2.24, 2.45) is 11.8 Å². The molecule has 2 aliphatic carbocycles. The van der Waals surface area contributed by atoms with Crippen LogP contribution in [0.25, 0.3) is 0 Å². The van der Waals surface area contributed by atoms with Crippen LogP contribution in [0.3, 0.4) is 0 Å². The average molecular weight is 209 g/mol. The smallest absolute Gasteiger partial charge is 0.324 e. The van der Waals surface area contributed by atoms with Crippen LogP contribution in [-0.2, 0) is 4.79 Å². The molecule has 0 aromatic rings. The maximum Gasteiger partial charge on any atom is 0.324 e. The van der Waals surface area contributed by atoms with Gasteiger partial charge in [-0.05, 0) is 57.0 Å². The second kappa shape index (κ2) is 3.21. The van der Waals surface area contributed by atoms with Gasteiger partial charge in [0.05, 0.1) is 0 Å². The van der Waals surface area contributed by atoms with Crippen molar-refractivity contribution in [3.8, 4) is 0 Å². The quantitative estimate of drug-likeness (QED) is 0.753. The predicted molar refractivity (Wildman–Crippen MR) is 56.6 cm³/mol. The lowest BCUT2D eigenvalue weighted by molar-refractivity contribution is -0.155. The third-order valence-electron chi connectivity index (χ3n) is 4.86. The highest BCUT2D eigenvalue weighted by molar-refractivity contribution is 5.80. The number of aliphatic carboxylic acids is 1. The first-order valence-corrected chi connectivity index (χ1v) is 6.22. The van der Waals surface area contributed by atoms with Crippen molar-refractivity contribution in [3.05, 3.63) is 0 Å². The van der Waals surface area contributed by atoms with Gasteiger partial charge in [-0.3, -0.25) is 9.69 Å². The van der Waals surface area contributed by atoms with E-state index in [4.69, 9.17) is 0 Å². The first-order valence-electron chi connectivity index (χ1n) is 6.22. The highest BCUT2D eigenvalue weighted by atomic mass is 16.4. The first-order chi connectivity index (χ1) is 7.23. The second-order valence-corrected chi connectivity index (χ2v) is 5.50. The zero-order valence-corrected chi connectivity index (χ0v) is 9.11. The van der Waals surface area contributed by atoms with Crippen molar-refractivity contribution in [1.29, 1.82) is 0 Å². The molecular weight excluding hydrogens is 190 g/mol. The van der Waals surface area contributed by atoms with E-state index in [0.717, 1.165) is 25.9 Å². The Bertz CT molecular complexity index is 285. The number of carboxylic acid groups (broad SMARTS) is 1. The van der Waals surface area contributed by atoms with Crippen LogP contribution < -0.4 is 0 Å². The maximum atomic E-state index is 11.7. The van der Waals surface area contributed by atoms with Crippen LogP contribution in [0.2, 0.25) is 0 Å². The van der Waals surface area contributed by atoms with Crippen LogP contribution in [0.15, 0.2) is 0 Å². The highest BCUT2D eigenvalue weighted by Crippen LogP contribution is 2.54. The zero-order chi connectivity index (χ0) is 10.5. The third kappa shape index (κ3) is 1.19. The Balaban J connectivity index is 1.92. The Kier molecular flexibility index (Phi) is 2.06. The van der Waals surface area contributed by atoms with Crippen LogP contribution in [-0.4, -0.2) is 34.6 Å². The molecule has 3 fully saturated rings. The zero-order valence-electron chi connectivity index (χ0n) is 9.11. The summed E-state index contributed by atoms with van der Waals surface area (Å²) in [7, 11) is 0. The summed E-state index contributed by atoms with van der Waals surface area (Å²) in [5, 5.41) is 9.60. The summed E-state index contributed by atoms with van der Waals surface area (Å²) in [5.41, 5.74) is -0.459. The number of carboxylic acids is 1. The Morgan fingerprint density at radius 3 is 2.47 bits per heavy atom. The third-order valence-corrected chi connectivity index (χ3v) is 4.86. The molecule has 2 bridgehead atoms. The van der Waals surface area contributed by atoms with Gasteiger partial charge < -0.3 is 5.11 Å². The van der Waals surface area contributed by atoms with Gasteiger partial charge in [-0.25, -0.2) is 0 Å². The normalized spacial score (nSPS) is 45.1. The van der Waals surface area contributed by atoms with Gasteiger partial charge >= 0.3 is 5.97 Å². The standard InChI is InChI=1S/C12H19NO2/c14-11(15)12(13-5-1-2-6-13)8-9-3-4-10(12)7-9/h9-10H,1-8H2,(H,14,15). The summed E-state index contributed by atoms with van der Waals surface area (Å²) >= 11 is 0. The SMILES string of the molecule is O=C(O)C1(N2CCCC2)CC2CCC1C2. The molecule has 0 radical (unpaired) electrons. The molecule has 0 aromatic heterocycles. The van der Waals surface area contributed by atoms with E-state index in [-0.39, 0.29) is 0 Å². The van der Waals surface area contributed by atoms with E-state index in [9.17, 15) is 9.90 Å². The van der Waals surface area contributed by atoms with Gasteiger partial charge in [0.2, 0.25) is 0 Å². The molecule has 0 spiro atoms. The minimum atomic E-state index is -0.545. The van der Waals surface area contributed by atoms with Gasteiger partial charge in [0.25, 0.3) is 0 Å². The molecule has 3 nitrogen and oxygen atoms in total. The van der Waals surface area contributed by atoms with Gasteiger partial charge in [-0.15, -0.1) is 0 Å². The number of hydrogen-bond donors (Lipinski definition) is 1. The lowest BCUT2D eigenvalue weighted by Gasteiger charge is -2.41. The van der Waals surface area contributed by atoms with Gasteiger partial charge in [-0.2, -0.15) is 0 Å². The van der Waals surface area contributed by atoms with E-state index in [1.165, 1.54) is 25.7 Å². The molecule has 3 unspecified atom stereocenters. The first kappa shape index (κ1) is 9.64. The molecule has 15 heavy (non-hydrogen) atoms. The fraction of sp³-hybridized carbons (Fsp3) is 0.917. The van der Waals surface area contributed by atoms with Crippen LogP contribution in [0, 0.1) is 11.8 Å². The van der Waals surface area contributed by atoms with E-state index in [0.29, 0.717) is 11.8 Å². The summed E-state index contributed by atoms with van der Waals surface area (Å²) in [4.78, 5) is 13.9. The van der Waals surface area contributed by atoms with Crippen molar-refractivity contribution < 1.29 is 9.90 Å².